The van der Waals surface area contributed by atoms with Crippen molar-refractivity contribution < 1.29 is 0 Å². The van der Waals surface area contributed by atoms with Crippen LogP contribution in [0.3, 0.4) is 0 Å². The normalized spacial score (nSPS) is 12.4. The molecule has 0 saturated carbocycles. The molecule has 0 saturated heterocycles. The molecule has 1 unspecified atom stereocenters. The summed E-state index contributed by atoms with van der Waals surface area (Å²) in [7, 11) is 0. The van der Waals surface area contributed by atoms with Crippen LogP contribution < -0.4 is 5.32 Å². The lowest BCUT2D eigenvalue weighted by Gasteiger charge is -2.15. The lowest BCUT2D eigenvalue weighted by molar-refractivity contribution is 0.566. The Morgan fingerprint density at radius 3 is 2.68 bits per heavy atom. The number of aromatic nitrogens is 1. The summed E-state index contributed by atoms with van der Waals surface area (Å²) in [5, 5.41) is 4.61. The van der Waals surface area contributed by atoms with Crippen molar-refractivity contribution in [2.75, 3.05) is 0 Å². The third kappa shape index (κ3) is 3.69. The van der Waals surface area contributed by atoms with E-state index in [1.165, 1.54) is 5.56 Å². The summed E-state index contributed by atoms with van der Waals surface area (Å²) in [5.74, 6) is 0. The molecule has 1 N–H and O–H groups in total. The fourth-order valence-corrected chi connectivity index (χ4v) is 2.16. The van der Waals surface area contributed by atoms with Crippen molar-refractivity contribution in [2.45, 2.75) is 26.4 Å². The number of nitrogens with one attached hydrogen (secondary N) is 1. The fourth-order valence-electron chi connectivity index (χ4n) is 1.85. The molecular formula is C15H16Cl2N2. The molecule has 0 radical (unpaired) electrons. The molecule has 0 fully saturated rings. The average molecular weight is 295 g/mol. The molecule has 1 aromatic heterocycles. The van der Waals surface area contributed by atoms with Gasteiger partial charge in [-0.2, -0.15) is 0 Å². The van der Waals surface area contributed by atoms with Crippen molar-refractivity contribution in [1.29, 1.82) is 0 Å². The van der Waals surface area contributed by atoms with E-state index in [1.807, 2.05) is 30.5 Å². The van der Waals surface area contributed by atoms with Crippen molar-refractivity contribution in [1.82, 2.24) is 10.3 Å². The number of pyridine rings is 1. The zero-order chi connectivity index (χ0) is 13.8. The minimum absolute atomic E-state index is 0.191. The highest BCUT2D eigenvalue weighted by Crippen LogP contribution is 2.25. The van der Waals surface area contributed by atoms with Gasteiger partial charge in [-0.25, -0.2) is 0 Å². The van der Waals surface area contributed by atoms with Gasteiger partial charge < -0.3 is 5.32 Å². The first-order valence-corrected chi connectivity index (χ1v) is 6.92. The molecule has 1 aromatic carbocycles. The average Bonchev–Trinajstić information content (AvgIpc) is 2.40. The smallest absolute Gasteiger partial charge is 0.0595 e. The largest absolute Gasteiger partial charge is 0.305 e. The Morgan fingerprint density at radius 2 is 2.00 bits per heavy atom. The molecule has 0 amide bonds. The van der Waals surface area contributed by atoms with Crippen molar-refractivity contribution in [3.8, 4) is 0 Å². The van der Waals surface area contributed by atoms with E-state index in [0.717, 1.165) is 17.8 Å². The highest BCUT2D eigenvalue weighted by molar-refractivity contribution is 6.42. The summed E-state index contributed by atoms with van der Waals surface area (Å²) in [4.78, 5) is 4.37. The molecule has 0 aliphatic carbocycles. The van der Waals surface area contributed by atoms with Gasteiger partial charge >= 0.3 is 0 Å². The Labute approximate surface area is 123 Å². The first-order valence-electron chi connectivity index (χ1n) is 6.16. The molecule has 0 spiro atoms. The van der Waals surface area contributed by atoms with Crippen LogP contribution in [0.5, 0.6) is 0 Å². The fraction of sp³-hybridized carbons (Fsp3) is 0.267. The second-order valence-electron chi connectivity index (χ2n) is 4.54. The molecule has 0 bridgehead atoms. The lowest BCUT2D eigenvalue weighted by atomic mass is 10.1. The van der Waals surface area contributed by atoms with E-state index < -0.39 is 0 Å². The van der Waals surface area contributed by atoms with Crippen LogP contribution in [-0.4, -0.2) is 4.98 Å². The summed E-state index contributed by atoms with van der Waals surface area (Å²) in [6.45, 7) is 4.89. The van der Waals surface area contributed by atoms with Gasteiger partial charge in [-0.3, -0.25) is 4.98 Å². The van der Waals surface area contributed by atoms with Crippen molar-refractivity contribution in [3.05, 3.63) is 63.4 Å². The molecule has 4 heteroatoms. The maximum Gasteiger partial charge on any atom is 0.0595 e. The SMILES string of the molecule is Cc1cccnc1CNC(C)c1ccc(Cl)c(Cl)c1. The Balaban J connectivity index is 2.03. The van der Waals surface area contributed by atoms with E-state index in [4.69, 9.17) is 23.2 Å². The van der Waals surface area contributed by atoms with E-state index in [-0.39, 0.29) is 6.04 Å². The van der Waals surface area contributed by atoms with Gasteiger partial charge in [0.2, 0.25) is 0 Å². The van der Waals surface area contributed by atoms with Crippen molar-refractivity contribution in [3.63, 3.8) is 0 Å². The topological polar surface area (TPSA) is 24.9 Å². The predicted molar refractivity (Wildman–Crippen MR) is 80.7 cm³/mol. The monoisotopic (exact) mass is 294 g/mol. The molecule has 2 aromatic rings. The van der Waals surface area contributed by atoms with Gasteiger partial charge in [0.15, 0.2) is 0 Å². The van der Waals surface area contributed by atoms with Gasteiger partial charge in [-0.05, 0) is 43.2 Å². The van der Waals surface area contributed by atoms with E-state index in [9.17, 15) is 0 Å². The van der Waals surface area contributed by atoms with Crippen LogP contribution in [0.25, 0.3) is 0 Å². The number of aryl methyl sites for hydroxylation is 1. The predicted octanol–water partition coefficient (Wildman–Crippen LogP) is 4.55. The Morgan fingerprint density at radius 1 is 1.21 bits per heavy atom. The third-order valence-corrected chi connectivity index (χ3v) is 3.88. The van der Waals surface area contributed by atoms with Gasteiger partial charge in [-0.1, -0.05) is 35.3 Å². The molecule has 0 aliphatic rings. The van der Waals surface area contributed by atoms with E-state index in [2.05, 4.69) is 30.2 Å². The van der Waals surface area contributed by atoms with E-state index in [0.29, 0.717) is 10.0 Å². The second-order valence-corrected chi connectivity index (χ2v) is 5.36. The van der Waals surface area contributed by atoms with Crippen LogP contribution in [0.4, 0.5) is 0 Å². The summed E-state index contributed by atoms with van der Waals surface area (Å²) < 4.78 is 0. The van der Waals surface area contributed by atoms with Crippen LogP contribution in [0.15, 0.2) is 36.5 Å². The molecule has 0 aliphatic heterocycles. The number of rotatable bonds is 4. The molecule has 1 heterocycles. The maximum absolute atomic E-state index is 6.03. The van der Waals surface area contributed by atoms with Crippen LogP contribution in [0.1, 0.15) is 29.8 Å². The van der Waals surface area contributed by atoms with Gasteiger partial charge in [-0.15, -0.1) is 0 Å². The Hall–Kier alpha value is -1.09. The Kier molecular flexibility index (Phi) is 4.81. The minimum atomic E-state index is 0.191. The van der Waals surface area contributed by atoms with Gasteiger partial charge in [0, 0.05) is 18.8 Å². The summed E-state index contributed by atoms with van der Waals surface area (Å²) in [5.41, 5.74) is 3.37. The zero-order valence-electron chi connectivity index (χ0n) is 11.0. The second kappa shape index (κ2) is 6.38. The highest BCUT2D eigenvalue weighted by Gasteiger charge is 2.08. The Bertz CT molecular complexity index is 570. The maximum atomic E-state index is 6.03. The highest BCUT2D eigenvalue weighted by atomic mass is 35.5. The van der Waals surface area contributed by atoms with Crippen LogP contribution in [-0.2, 0) is 6.54 Å². The number of benzene rings is 1. The molecule has 19 heavy (non-hydrogen) atoms. The minimum Gasteiger partial charge on any atom is -0.305 e. The van der Waals surface area contributed by atoms with Crippen LogP contribution in [0, 0.1) is 6.92 Å². The molecule has 2 nitrogen and oxygen atoms in total. The quantitative estimate of drug-likeness (QED) is 0.895. The van der Waals surface area contributed by atoms with Gasteiger partial charge in [0.1, 0.15) is 0 Å². The molecule has 100 valence electrons. The number of halogens is 2. The zero-order valence-corrected chi connectivity index (χ0v) is 12.5. The summed E-state index contributed by atoms with van der Waals surface area (Å²) in [6, 6.07) is 9.90. The van der Waals surface area contributed by atoms with Crippen LogP contribution in [0.2, 0.25) is 10.0 Å². The van der Waals surface area contributed by atoms with E-state index >= 15 is 0 Å². The van der Waals surface area contributed by atoms with Crippen molar-refractivity contribution >= 4 is 23.2 Å². The third-order valence-electron chi connectivity index (χ3n) is 3.14. The molecule has 2 rings (SSSR count). The first kappa shape index (κ1) is 14.3. The first-order chi connectivity index (χ1) is 9.08. The number of hydrogen-bond acceptors (Lipinski definition) is 2. The summed E-state index contributed by atoms with van der Waals surface area (Å²) >= 11 is 11.9. The van der Waals surface area contributed by atoms with Gasteiger partial charge in [0.05, 0.1) is 15.7 Å². The number of nitrogens with zero attached hydrogens (tertiary/aromatic N) is 1. The van der Waals surface area contributed by atoms with E-state index in [1.54, 1.807) is 0 Å². The molecular weight excluding hydrogens is 279 g/mol. The van der Waals surface area contributed by atoms with Crippen LogP contribution >= 0.6 is 23.2 Å². The lowest BCUT2D eigenvalue weighted by Crippen LogP contribution is -2.19. The standard InChI is InChI=1S/C15H16Cl2N2/c1-10-4-3-7-18-15(10)9-19-11(2)12-5-6-13(16)14(17)8-12/h3-8,11,19H,9H2,1-2H3. The number of hydrogen-bond donors (Lipinski definition) is 1. The van der Waals surface area contributed by atoms with Gasteiger partial charge in [0.25, 0.3) is 0 Å². The van der Waals surface area contributed by atoms with Crippen molar-refractivity contribution in [2.24, 2.45) is 0 Å². The molecule has 1 atom stereocenters. The summed E-state index contributed by atoms with van der Waals surface area (Å²) in [6.07, 6.45) is 1.81.